The number of pyridine rings is 2. The van der Waals surface area contributed by atoms with Crippen molar-refractivity contribution in [2.45, 2.75) is 171 Å². The summed E-state index contributed by atoms with van der Waals surface area (Å²) in [4.78, 5) is 34.7. The van der Waals surface area contributed by atoms with E-state index < -0.39 is 71.8 Å². The summed E-state index contributed by atoms with van der Waals surface area (Å²) in [5.74, 6) is -2.17. The van der Waals surface area contributed by atoms with Gasteiger partial charge in [0, 0.05) is 55.0 Å². The van der Waals surface area contributed by atoms with E-state index in [4.69, 9.17) is 9.47 Å². The van der Waals surface area contributed by atoms with E-state index in [-0.39, 0.29) is 46.2 Å². The lowest BCUT2D eigenvalue weighted by Crippen LogP contribution is -2.41. The first-order chi connectivity index (χ1) is 42.0. The Balaban J connectivity index is 0.000000251. The normalized spacial score (nSPS) is 18.1. The molecule has 6 aromatic rings. The Kier molecular flexibility index (Phi) is 23.4. The van der Waals surface area contributed by atoms with Crippen molar-refractivity contribution in [2.75, 3.05) is 16.0 Å². The molecule has 470 valence electrons. The number of hydrogen-bond donors (Lipinski definition) is 5. The lowest BCUT2D eigenvalue weighted by Gasteiger charge is -2.38. The van der Waals surface area contributed by atoms with Crippen molar-refractivity contribution >= 4 is 49.4 Å². The number of nitrogens with one attached hydrogen (secondary N) is 3. The zero-order valence-corrected chi connectivity index (χ0v) is 52.3. The highest BCUT2D eigenvalue weighted by Gasteiger charge is 2.45. The van der Waals surface area contributed by atoms with Crippen molar-refractivity contribution in [3.8, 4) is 0 Å². The maximum atomic E-state index is 13.5. The first kappa shape index (κ1) is 67.7. The number of halogens is 3. The molecule has 0 amide bonds. The van der Waals surface area contributed by atoms with Gasteiger partial charge in [-0.3, -0.25) is 9.44 Å². The smallest absolute Gasteiger partial charge is 0.417 e. The first-order valence-electron chi connectivity index (χ1n) is 30.0. The number of aliphatic hydroxyl groups excluding tert-OH is 2. The predicted octanol–water partition coefficient (Wildman–Crippen LogP) is 15.2. The number of anilines is 2. The molecule has 0 radical (unpaired) electrons. The molecular weight excluding hydrogens is 1170 g/mol. The van der Waals surface area contributed by atoms with Gasteiger partial charge in [-0.25, -0.2) is 19.6 Å². The second-order valence-electron chi connectivity index (χ2n) is 22.4. The number of cyclic esters (lactones) is 2. The molecule has 0 bridgehead atoms. The second-order valence-corrected chi connectivity index (χ2v) is 25.7. The molecule has 20 heteroatoms. The molecule has 88 heavy (non-hydrogen) atoms. The zero-order valence-electron chi connectivity index (χ0n) is 50.7. The van der Waals surface area contributed by atoms with Crippen molar-refractivity contribution < 1.29 is 59.3 Å². The van der Waals surface area contributed by atoms with Gasteiger partial charge < -0.3 is 25.0 Å². The van der Waals surface area contributed by atoms with E-state index in [0.717, 1.165) is 60.5 Å². The lowest BCUT2D eigenvalue weighted by molar-refractivity contribution is -0.162. The van der Waals surface area contributed by atoms with E-state index in [0.29, 0.717) is 80.6 Å². The summed E-state index contributed by atoms with van der Waals surface area (Å²) in [5, 5.41) is 25.2. The van der Waals surface area contributed by atoms with Crippen LogP contribution in [0, 0.1) is 0 Å². The number of alkyl halides is 3. The minimum atomic E-state index is -4.65. The number of aryl methyl sites for hydroxylation is 2. The molecule has 4 heterocycles. The minimum Gasteiger partial charge on any atom is -0.512 e. The fraction of sp³-hybridized carbons (Fsp3) is 0.382. The van der Waals surface area contributed by atoms with Gasteiger partial charge in [-0.2, -0.15) is 30.0 Å². The summed E-state index contributed by atoms with van der Waals surface area (Å²) < 4.78 is 108. The Morgan fingerprint density at radius 3 is 1.48 bits per heavy atom. The highest BCUT2D eigenvalue weighted by atomic mass is 32.2. The van der Waals surface area contributed by atoms with Gasteiger partial charge in [0.15, 0.2) is 10.1 Å². The molecule has 4 atom stereocenters. The Morgan fingerprint density at radius 1 is 0.591 bits per heavy atom. The molecule has 2 aliphatic rings. The van der Waals surface area contributed by atoms with Crippen LogP contribution in [0.2, 0.25) is 0 Å². The number of esters is 2. The number of allylic oxidation sites excluding steroid dienone is 1. The zero-order chi connectivity index (χ0) is 63.7. The van der Waals surface area contributed by atoms with Gasteiger partial charge in [-0.05, 0) is 147 Å². The third-order valence-electron chi connectivity index (χ3n) is 15.8. The molecule has 0 spiro atoms. The van der Waals surface area contributed by atoms with Gasteiger partial charge >= 0.3 is 18.1 Å². The summed E-state index contributed by atoms with van der Waals surface area (Å²) in [7, 11) is -8.25. The van der Waals surface area contributed by atoms with E-state index in [9.17, 15) is 49.8 Å². The van der Waals surface area contributed by atoms with Crippen molar-refractivity contribution in [1.82, 2.24) is 15.3 Å². The number of benzene rings is 4. The highest BCUT2D eigenvalue weighted by Crippen LogP contribution is 2.44. The SMILES string of the molecule is C/C=C/c1ccc(CC[C@]2(CCC)CC(O)=C([C@H](CC)c3cccc(NS(=O)(=O)c4ccc(C(F)(F)F)cn4)c3)C(=O)O2)cc1.CCCNCc1ccc(S(=O)(=O)Nc2cccc([C@@H](CC)C3=C(O)C[C@@](CCC)(CCc4ccccc4)OC3=O)c2)nc1. The maximum Gasteiger partial charge on any atom is 0.417 e. The number of sulfonamides is 2. The monoisotopic (exact) mass is 1250 g/mol. The molecule has 0 fully saturated rings. The van der Waals surface area contributed by atoms with E-state index in [1.54, 1.807) is 42.6 Å². The Hall–Kier alpha value is -7.81. The highest BCUT2D eigenvalue weighted by molar-refractivity contribution is 7.93. The van der Waals surface area contributed by atoms with E-state index in [1.165, 1.54) is 18.2 Å². The number of nitrogens with zero attached hydrogens (tertiary/aromatic N) is 2. The average molecular weight is 1250 g/mol. The van der Waals surface area contributed by atoms with Crippen LogP contribution < -0.4 is 14.8 Å². The number of carbonyl (C=O) groups is 2. The molecule has 8 rings (SSSR count). The largest absolute Gasteiger partial charge is 0.512 e. The third kappa shape index (κ3) is 17.7. The molecule has 2 aliphatic heterocycles. The number of rotatable bonds is 27. The molecule has 5 N–H and O–H groups in total. The summed E-state index contributed by atoms with van der Waals surface area (Å²) in [5.41, 5.74) is 3.66. The number of carbonyl (C=O) groups excluding carboxylic acids is 2. The molecule has 0 saturated heterocycles. The number of aromatic nitrogens is 2. The van der Waals surface area contributed by atoms with E-state index in [1.807, 2.05) is 95.3 Å². The van der Waals surface area contributed by atoms with Crippen LogP contribution in [0.25, 0.3) is 6.08 Å². The van der Waals surface area contributed by atoms with Gasteiger partial charge in [-0.1, -0.05) is 145 Å². The van der Waals surface area contributed by atoms with Crippen molar-refractivity contribution in [2.24, 2.45) is 0 Å². The van der Waals surface area contributed by atoms with Crippen molar-refractivity contribution in [1.29, 1.82) is 0 Å². The Bertz CT molecular complexity index is 3660. The first-order valence-corrected chi connectivity index (χ1v) is 33.0. The van der Waals surface area contributed by atoms with Gasteiger partial charge in [0.05, 0.1) is 16.7 Å². The molecule has 0 aliphatic carbocycles. The van der Waals surface area contributed by atoms with Gasteiger partial charge in [0.2, 0.25) is 0 Å². The summed E-state index contributed by atoms with van der Waals surface area (Å²) in [6, 6.07) is 36.1. The predicted molar refractivity (Wildman–Crippen MR) is 336 cm³/mol. The summed E-state index contributed by atoms with van der Waals surface area (Å²) in [6.45, 7) is 13.3. The topological polar surface area (TPSA) is 223 Å². The molecule has 15 nitrogen and oxygen atoms in total. The fourth-order valence-electron chi connectivity index (χ4n) is 11.5. The number of hydrogen-bond acceptors (Lipinski definition) is 13. The summed E-state index contributed by atoms with van der Waals surface area (Å²) in [6.07, 6.45) is 9.08. The maximum absolute atomic E-state index is 13.5. The molecule has 0 saturated carbocycles. The molecule has 0 unspecified atom stereocenters. The van der Waals surface area contributed by atoms with Crippen molar-refractivity contribution in [3.05, 3.63) is 207 Å². The van der Waals surface area contributed by atoms with Crippen LogP contribution in [0.4, 0.5) is 24.5 Å². The van der Waals surface area contributed by atoms with Crippen LogP contribution >= 0.6 is 0 Å². The van der Waals surface area contributed by atoms with E-state index in [2.05, 4.69) is 43.8 Å². The van der Waals surface area contributed by atoms with Gasteiger partial charge in [0.1, 0.15) is 22.7 Å². The van der Waals surface area contributed by atoms with E-state index >= 15 is 0 Å². The van der Waals surface area contributed by atoms with Crippen LogP contribution in [-0.2, 0) is 64.7 Å². The standard InChI is InChI=1S/C34H37F3N2O5S.C34H43N3O5S/c1-4-8-23-11-13-24(14-12-23)17-19-33(18-5-2)21-29(40)31(32(41)44-33)28(6-3)25-9-7-10-27(20-25)39-45(42,43)30-16-15-26(22-38-30)34(35,36)37;1-4-18-34(19-17-25-11-8-7-9-12-25)22-30(38)32(33(39)42-34)29(6-3)27-13-10-14-28(21-27)37-43(40,41)31-16-15-26(24-36-31)23-35-20-5-2/h4,7-16,20,22,28,39-40H,5-6,17-19,21H2,1-3H3;7-16,21,24,29,35,37-38H,4-6,17-20,22-23H2,1-3H3/b8-4+;/t28-,33-;29-,34-/m11/s1. The van der Waals surface area contributed by atoms with Crippen molar-refractivity contribution in [3.63, 3.8) is 0 Å². The van der Waals surface area contributed by atoms with Crippen LogP contribution in [0.1, 0.15) is 163 Å². The number of aliphatic hydroxyl groups is 2. The fourth-order valence-corrected chi connectivity index (χ4v) is 13.4. The van der Waals surface area contributed by atoms with Crippen LogP contribution in [0.3, 0.4) is 0 Å². The number of ether oxygens (including phenoxy) is 2. The van der Waals surface area contributed by atoms with Crippen LogP contribution in [-0.4, -0.2) is 66.7 Å². The van der Waals surface area contributed by atoms with Gasteiger partial charge in [0.25, 0.3) is 20.0 Å². The minimum absolute atomic E-state index is 0.0464. The molecular formula is C68H80F3N5O10S2. The lowest BCUT2D eigenvalue weighted by atomic mass is 9.80. The third-order valence-corrected chi connectivity index (χ3v) is 18.3. The van der Waals surface area contributed by atoms with Crippen LogP contribution in [0.15, 0.2) is 179 Å². The second kappa shape index (κ2) is 30.4. The Labute approximate surface area is 515 Å². The van der Waals surface area contributed by atoms with Gasteiger partial charge in [-0.15, -0.1) is 0 Å². The molecule has 2 aromatic heterocycles. The Morgan fingerprint density at radius 2 is 1.07 bits per heavy atom. The summed E-state index contributed by atoms with van der Waals surface area (Å²) >= 11 is 0. The molecule has 4 aromatic carbocycles. The quantitative estimate of drug-likeness (QED) is 0.0239. The average Bonchev–Trinajstić information content (AvgIpc) is 1.47. The van der Waals surface area contributed by atoms with Crippen LogP contribution in [0.5, 0.6) is 0 Å².